The van der Waals surface area contributed by atoms with Crippen LogP contribution in [0.3, 0.4) is 0 Å². The van der Waals surface area contributed by atoms with Gasteiger partial charge in [-0.05, 0) is 19.3 Å². The second-order valence-electron chi connectivity index (χ2n) is 8.57. The molecule has 3 heteroatoms. The van der Waals surface area contributed by atoms with E-state index < -0.39 is 0 Å². The number of hydrogen-bond acceptors (Lipinski definition) is 3. The molecule has 0 aromatic rings. The summed E-state index contributed by atoms with van der Waals surface area (Å²) in [6, 6.07) is 0. The summed E-state index contributed by atoms with van der Waals surface area (Å²) >= 11 is 0. The van der Waals surface area contributed by atoms with Gasteiger partial charge in [0.05, 0.1) is 18.8 Å². The molecule has 0 aromatic heterocycles. The number of unbranched alkanes of at least 4 members (excludes halogenated alkanes) is 15. The Kier molecular flexibility index (Phi) is 17.7. The van der Waals surface area contributed by atoms with Gasteiger partial charge < -0.3 is 15.2 Å². The summed E-state index contributed by atoms with van der Waals surface area (Å²) in [6.45, 7) is 4.59. The van der Waals surface area contributed by atoms with Gasteiger partial charge in [0, 0.05) is 13.2 Å². The SMILES string of the molecule is CCCCCCCCCCCCCCCCCCOCC1CC[C@@H](CN)O1. The van der Waals surface area contributed by atoms with Crippen LogP contribution < -0.4 is 5.73 Å². The zero-order chi connectivity index (χ0) is 19.4. The summed E-state index contributed by atoms with van der Waals surface area (Å²) in [4.78, 5) is 0. The molecule has 1 aliphatic rings. The summed E-state index contributed by atoms with van der Waals surface area (Å²) in [5.74, 6) is 0. The van der Waals surface area contributed by atoms with Gasteiger partial charge >= 0.3 is 0 Å². The maximum Gasteiger partial charge on any atom is 0.0813 e. The molecule has 0 spiro atoms. The van der Waals surface area contributed by atoms with E-state index in [0.29, 0.717) is 12.6 Å². The molecule has 1 saturated heterocycles. The normalized spacial score (nSPS) is 19.8. The first kappa shape index (κ1) is 24.9. The van der Waals surface area contributed by atoms with Gasteiger partial charge in [-0.25, -0.2) is 0 Å². The fraction of sp³-hybridized carbons (Fsp3) is 1.00. The van der Waals surface area contributed by atoms with Gasteiger partial charge in [-0.2, -0.15) is 0 Å². The third-order valence-electron chi connectivity index (χ3n) is 5.90. The van der Waals surface area contributed by atoms with Crippen molar-refractivity contribution in [3.63, 3.8) is 0 Å². The standard InChI is InChI=1S/C24H49NO2/c1-2-3-4-5-6-7-8-9-10-11-12-13-14-15-16-17-20-26-22-24-19-18-23(21-25)27-24/h23-24H,2-22,25H2,1H3/t23-,24?/m0/s1. The van der Waals surface area contributed by atoms with Crippen molar-refractivity contribution in [2.45, 2.75) is 135 Å². The van der Waals surface area contributed by atoms with Crippen LogP contribution in [-0.2, 0) is 9.47 Å². The van der Waals surface area contributed by atoms with Crippen LogP contribution in [0.5, 0.6) is 0 Å². The van der Waals surface area contributed by atoms with E-state index in [0.717, 1.165) is 26.1 Å². The lowest BCUT2D eigenvalue weighted by atomic mass is 10.0. The van der Waals surface area contributed by atoms with Crippen molar-refractivity contribution in [2.75, 3.05) is 19.8 Å². The predicted molar refractivity (Wildman–Crippen MR) is 117 cm³/mol. The minimum atomic E-state index is 0.272. The molecule has 0 aromatic carbocycles. The lowest BCUT2D eigenvalue weighted by Crippen LogP contribution is -2.22. The van der Waals surface area contributed by atoms with Crippen molar-refractivity contribution >= 4 is 0 Å². The van der Waals surface area contributed by atoms with E-state index in [2.05, 4.69) is 6.92 Å². The Labute approximate surface area is 170 Å². The van der Waals surface area contributed by atoms with Gasteiger partial charge in [-0.1, -0.05) is 103 Å². The van der Waals surface area contributed by atoms with Crippen LogP contribution >= 0.6 is 0 Å². The lowest BCUT2D eigenvalue weighted by molar-refractivity contribution is -0.0126. The smallest absolute Gasteiger partial charge is 0.0813 e. The molecule has 0 saturated carbocycles. The number of nitrogens with two attached hydrogens (primary N) is 1. The maximum atomic E-state index is 5.79. The van der Waals surface area contributed by atoms with E-state index in [1.54, 1.807) is 0 Å². The average Bonchev–Trinajstić information content (AvgIpc) is 3.15. The average molecular weight is 384 g/mol. The minimum absolute atomic E-state index is 0.272. The fourth-order valence-corrected chi connectivity index (χ4v) is 4.04. The molecular formula is C24H49NO2. The summed E-state index contributed by atoms with van der Waals surface area (Å²) < 4.78 is 11.6. The van der Waals surface area contributed by atoms with Crippen LogP contribution in [0, 0.1) is 0 Å². The molecule has 0 amide bonds. The van der Waals surface area contributed by atoms with Crippen LogP contribution in [0.4, 0.5) is 0 Å². The Hall–Kier alpha value is -0.120. The molecule has 1 aliphatic heterocycles. The molecule has 1 unspecified atom stereocenters. The Morgan fingerprint density at radius 1 is 0.667 bits per heavy atom. The third kappa shape index (κ3) is 15.5. The van der Waals surface area contributed by atoms with Gasteiger partial charge in [0.15, 0.2) is 0 Å². The van der Waals surface area contributed by atoms with Crippen molar-refractivity contribution in [3.05, 3.63) is 0 Å². The lowest BCUT2D eigenvalue weighted by Gasteiger charge is -2.12. The zero-order valence-corrected chi connectivity index (χ0v) is 18.4. The molecule has 0 bridgehead atoms. The first-order chi connectivity index (χ1) is 13.4. The van der Waals surface area contributed by atoms with Crippen molar-refractivity contribution < 1.29 is 9.47 Å². The Bertz CT molecular complexity index is 298. The molecule has 1 fully saturated rings. The highest BCUT2D eigenvalue weighted by Gasteiger charge is 2.23. The van der Waals surface area contributed by atoms with Gasteiger partial charge in [-0.15, -0.1) is 0 Å². The van der Waals surface area contributed by atoms with Crippen LogP contribution in [0.15, 0.2) is 0 Å². The zero-order valence-electron chi connectivity index (χ0n) is 18.4. The highest BCUT2D eigenvalue weighted by Crippen LogP contribution is 2.19. The summed E-state index contributed by atoms with van der Waals surface area (Å²) in [7, 11) is 0. The van der Waals surface area contributed by atoms with Crippen LogP contribution in [-0.4, -0.2) is 32.0 Å². The van der Waals surface area contributed by atoms with E-state index >= 15 is 0 Å². The van der Waals surface area contributed by atoms with Crippen LogP contribution in [0.2, 0.25) is 0 Å². The molecule has 1 rings (SSSR count). The van der Waals surface area contributed by atoms with Gasteiger partial charge in [0.1, 0.15) is 0 Å². The van der Waals surface area contributed by atoms with Crippen molar-refractivity contribution in [3.8, 4) is 0 Å². The fourth-order valence-electron chi connectivity index (χ4n) is 4.04. The van der Waals surface area contributed by atoms with E-state index in [4.69, 9.17) is 15.2 Å². The second-order valence-corrected chi connectivity index (χ2v) is 8.57. The summed E-state index contributed by atoms with van der Waals surface area (Å²) in [6.07, 6.45) is 25.4. The molecule has 2 atom stereocenters. The number of hydrogen-bond donors (Lipinski definition) is 1. The Morgan fingerprint density at radius 3 is 1.56 bits per heavy atom. The molecule has 1 heterocycles. The Morgan fingerprint density at radius 2 is 1.11 bits per heavy atom. The van der Waals surface area contributed by atoms with Crippen LogP contribution in [0.1, 0.15) is 122 Å². The Balaban J connectivity index is 1.67. The molecule has 0 aliphatic carbocycles. The summed E-state index contributed by atoms with van der Waals surface area (Å²) in [5.41, 5.74) is 5.63. The topological polar surface area (TPSA) is 44.5 Å². The molecule has 0 radical (unpaired) electrons. The van der Waals surface area contributed by atoms with Gasteiger partial charge in [0.25, 0.3) is 0 Å². The molecule has 27 heavy (non-hydrogen) atoms. The van der Waals surface area contributed by atoms with E-state index in [-0.39, 0.29) is 6.10 Å². The van der Waals surface area contributed by atoms with Gasteiger partial charge in [0.2, 0.25) is 0 Å². The third-order valence-corrected chi connectivity index (χ3v) is 5.90. The summed E-state index contributed by atoms with van der Waals surface area (Å²) in [5, 5.41) is 0. The first-order valence-electron chi connectivity index (χ1n) is 12.3. The van der Waals surface area contributed by atoms with Crippen molar-refractivity contribution in [1.82, 2.24) is 0 Å². The largest absolute Gasteiger partial charge is 0.379 e. The predicted octanol–water partition coefficient (Wildman–Crippen LogP) is 6.77. The molecule has 162 valence electrons. The van der Waals surface area contributed by atoms with E-state index in [1.165, 1.54) is 103 Å². The highest BCUT2D eigenvalue weighted by molar-refractivity contribution is 4.73. The van der Waals surface area contributed by atoms with Crippen molar-refractivity contribution in [1.29, 1.82) is 0 Å². The minimum Gasteiger partial charge on any atom is -0.379 e. The monoisotopic (exact) mass is 383 g/mol. The quantitative estimate of drug-likeness (QED) is 0.236. The number of rotatable bonds is 20. The first-order valence-corrected chi connectivity index (χ1v) is 12.3. The maximum absolute atomic E-state index is 5.79. The van der Waals surface area contributed by atoms with Crippen LogP contribution in [0.25, 0.3) is 0 Å². The van der Waals surface area contributed by atoms with E-state index in [1.807, 2.05) is 0 Å². The number of ether oxygens (including phenoxy) is 2. The molecular weight excluding hydrogens is 334 g/mol. The molecule has 3 nitrogen and oxygen atoms in total. The van der Waals surface area contributed by atoms with Crippen molar-refractivity contribution in [2.24, 2.45) is 5.73 Å². The van der Waals surface area contributed by atoms with Gasteiger partial charge in [-0.3, -0.25) is 0 Å². The highest BCUT2D eigenvalue weighted by atomic mass is 16.5. The van der Waals surface area contributed by atoms with E-state index in [9.17, 15) is 0 Å². The second kappa shape index (κ2) is 19.2. The molecule has 2 N–H and O–H groups in total.